The molecule has 0 aliphatic rings. The number of halogens is 2. The van der Waals surface area contributed by atoms with Gasteiger partial charge in [0.25, 0.3) is 5.91 Å². The number of hydrazone groups is 1. The highest BCUT2D eigenvalue weighted by Gasteiger charge is 2.06. The van der Waals surface area contributed by atoms with E-state index in [0.717, 1.165) is 0 Å². The summed E-state index contributed by atoms with van der Waals surface area (Å²) in [5, 5.41) is 4.47. The van der Waals surface area contributed by atoms with Crippen molar-refractivity contribution in [1.82, 2.24) is 5.43 Å². The number of nitrogens with zero attached hydrogens (tertiary/aromatic N) is 1. The lowest BCUT2D eigenvalue weighted by Crippen LogP contribution is -2.24. The maximum absolute atomic E-state index is 11.8. The van der Waals surface area contributed by atoms with Crippen LogP contribution in [0.15, 0.2) is 46.0 Å². The van der Waals surface area contributed by atoms with E-state index in [1.54, 1.807) is 50.6 Å². The lowest BCUT2D eigenvalue weighted by molar-refractivity contribution is -0.123. The van der Waals surface area contributed by atoms with E-state index in [1.807, 2.05) is 0 Å². The van der Waals surface area contributed by atoms with Gasteiger partial charge in [-0.15, -0.1) is 0 Å². The molecular formula is C17H16BrClN2O4. The number of benzene rings is 2. The molecule has 0 fully saturated rings. The van der Waals surface area contributed by atoms with Gasteiger partial charge in [0.1, 0.15) is 17.2 Å². The van der Waals surface area contributed by atoms with Crippen LogP contribution in [0.4, 0.5) is 0 Å². The van der Waals surface area contributed by atoms with Gasteiger partial charge in [-0.05, 0) is 52.3 Å². The minimum atomic E-state index is -0.403. The summed E-state index contributed by atoms with van der Waals surface area (Å²) in [5.41, 5.74) is 3.06. The topological polar surface area (TPSA) is 69.2 Å². The minimum absolute atomic E-state index is 0.188. The summed E-state index contributed by atoms with van der Waals surface area (Å²) in [6.45, 7) is -0.188. The largest absolute Gasteiger partial charge is 0.497 e. The SMILES string of the molecule is COc1ccc(OC)c(/C=N/NC(=O)COc2ccc(Cl)cc2Br)c1. The highest BCUT2D eigenvalue weighted by Crippen LogP contribution is 2.27. The van der Waals surface area contributed by atoms with Crippen molar-refractivity contribution in [2.75, 3.05) is 20.8 Å². The molecule has 0 aromatic heterocycles. The average Bonchev–Trinajstić information content (AvgIpc) is 2.60. The second kappa shape index (κ2) is 9.29. The smallest absolute Gasteiger partial charge is 0.277 e. The van der Waals surface area contributed by atoms with Gasteiger partial charge in [0.15, 0.2) is 6.61 Å². The van der Waals surface area contributed by atoms with Gasteiger partial charge in [0.2, 0.25) is 0 Å². The van der Waals surface area contributed by atoms with E-state index in [0.29, 0.717) is 32.3 Å². The van der Waals surface area contributed by atoms with Gasteiger partial charge >= 0.3 is 0 Å². The zero-order valence-electron chi connectivity index (χ0n) is 13.6. The van der Waals surface area contributed by atoms with E-state index in [9.17, 15) is 4.79 Å². The first-order chi connectivity index (χ1) is 12.0. The number of hydrogen-bond donors (Lipinski definition) is 1. The monoisotopic (exact) mass is 426 g/mol. The van der Waals surface area contributed by atoms with Crippen LogP contribution in [-0.2, 0) is 4.79 Å². The van der Waals surface area contributed by atoms with Crippen LogP contribution in [0.25, 0.3) is 0 Å². The number of nitrogens with one attached hydrogen (secondary N) is 1. The summed E-state index contributed by atoms with van der Waals surface area (Å²) in [6, 6.07) is 10.3. The molecule has 0 aliphatic heterocycles. The normalized spacial score (nSPS) is 10.6. The van der Waals surface area contributed by atoms with Crippen LogP contribution in [-0.4, -0.2) is 32.9 Å². The summed E-state index contributed by atoms with van der Waals surface area (Å²) < 4.78 is 16.4. The third kappa shape index (κ3) is 5.65. The summed E-state index contributed by atoms with van der Waals surface area (Å²) in [6.07, 6.45) is 1.47. The van der Waals surface area contributed by atoms with E-state index in [2.05, 4.69) is 26.5 Å². The Kier molecular flexibility index (Phi) is 7.09. The molecule has 0 saturated carbocycles. The number of carbonyl (C=O) groups excluding carboxylic acids is 1. The molecule has 2 rings (SSSR count). The molecule has 132 valence electrons. The molecule has 0 unspecified atom stereocenters. The molecule has 0 spiro atoms. The second-order valence-corrected chi connectivity index (χ2v) is 6.06. The fourth-order valence-electron chi connectivity index (χ4n) is 1.88. The van der Waals surface area contributed by atoms with Crippen LogP contribution < -0.4 is 19.6 Å². The predicted octanol–water partition coefficient (Wildman–Crippen LogP) is 3.65. The van der Waals surface area contributed by atoms with Crippen molar-refractivity contribution in [3.05, 3.63) is 51.5 Å². The van der Waals surface area contributed by atoms with Gasteiger partial charge in [-0.1, -0.05) is 11.6 Å². The van der Waals surface area contributed by atoms with Crippen LogP contribution in [0.5, 0.6) is 17.2 Å². The third-order valence-corrected chi connectivity index (χ3v) is 3.94. The van der Waals surface area contributed by atoms with Gasteiger partial charge in [0.05, 0.1) is 24.9 Å². The Morgan fingerprint density at radius 2 is 1.96 bits per heavy atom. The Hall–Kier alpha value is -2.25. The first kappa shape index (κ1) is 19.1. The maximum atomic E-state index is 11.8. The molecule has 0 atom stereocenters. The van der Waals surface area contributed by atoms with Crippen molar-refractivity contribution in [2.24, 2.45) is 5.10 Å². The first-order valence-corrected chi connectivity index (χ1v) is 8.32. The van der Waals surface area contributed by atoms with Crippen LogP contribution in [0.3, 0.4) is 0 Å². The van der Waals surface area contributed by atoms with Crippen LogP contribution >= 0.6 is 27.5 Å². The molecule has 0 saturated heterocycles. The highest BCUT2D eigenvalue weighted by molar-refractivity contribution is 9.10. The minimum Gasteiger partial charge on any atom is -0.497 e. The molecule has 2 aromatic carbocycles. The summed E-state index contributed by atoms with van der Waals surface area (Å²) in [5.74, 6) is 1.38. The second-order valence-electron chi connectivity index (χ2n) is 4.76. The molecule has 1 amide bonds. The van der Waals surface area contributed by atoms with Crippen molar-refractivity contribution in [3.8, 4) is 17.2 Å². The van der Waals surface area contributed by atoms with Crippen LogP contribution in [0.1, 0.15) is 5.56 Å². The number of amides is 1. The standard InChI is InChI=1S/C17H16BrClN2O4/c1-23-13-4-6-15(24-2)11(7-13)9-20-21-17(22)10-25-16-5-3-12(19)8-14(16)18/h3-9H,10H2,1-2H3,(H,21,22)/b20-9+. The zero-order valence-corrected chi connectivity index (χ0v) is 15.9. The number of methoxy groups -OCH3 is 2. The molecule has 0 radical (unpaired) electrons. The Bertz CT molecular complexity index is 783. The van der Waals surface area contributed by atoms with Gasteiger partial charge < -0.3 is 14.2 Å². The average molecular weight is 428 g/mol. The van der Waals surface area contributed by atoms with E-state index >= 15 is 0 Å². The third-order valence-electron chi connectivity index (χ3n) is 3.08. The lowest BCUT2D eigenvalue weighted by Gasteiger charge is -2.08. The van der Waals surface area contributed by atoms with Gasteiger partial charge in [-0.3, -0.25) is 4.79 Å². The molecule has 1 N–H and O–H groups in total. The zero-order chi connectivity index (χ0) is 18.2. The van der Waals surface area contributed by atoms with Crippen molar-refractivity contribution < 1.29 is 19.0 Å². The molecule has 8 heteroatoms. The number of rotatable bonds is 7. The van der Waals surface area contributed by atoms with Crippen molar-refractivity contribution in [1.29, 1.82) is 0 Å². The molecule has 25 heavy (non-hydrogen) atoms. The number of carbonyl (C=O) groups is 1. The van der Waals surface area contributed by atoms with Crippen LogP contribution in [0, 0.1) is 0 Å². The fourth-order valence-corrected chi connectivity index (χ4v) is 2.68. The summed E-state index contributed by atoms with van der Waals surface area (Å²) in [4.78, 5) is 11.8. The van der Waals surface area contributed by atoms with Gasteiger partial charge in [-0.25, -0.2) is 5.43 Å². The number of ether oxygens (including phenoxy) is 3. The van der Waals surface area contributed by atoms with Gasteiger partial charge in [0, 0.05) is 10.6 Å². The maximum Gasteiger partial charge on any atom is 0.277 e. The molecule has 0 bridgehead atoms. The molecular weight excluding hydrogens is 412 g/mol. The van der Waals surface area contributed by atoms with E-state index < -0.39 is 5.91 Å². The predicted molar refractivity (Wildman–Crippen MR) is 99.9 cm³/mol. The Morgan fingerprint density at radius 1 is 1.20 bits per heavy atom. The Labute approximate surface area is 158 Å². The fraction of sp³-hybridized carbons (Fsp3) is 0.176. The number of hydrogen-bond acceptors (Lipinski definition) is 5. The molecule has 0 heterocycles. The van der Waals surface area contributed by atoms with Crippen molar-refractivity contribution in [2.45, 2.75) is 0 Å². The first-order valence-electron chi connectivity index (χ1n) is 7.15. The Balaban J connectivity index is 1.92. The lowest BCUT2D eigenvalue weighted by atomic mass is 10.2. The van der Waals surface area contributed by atoms with E-state index in [4.69, 9.17) is 25.8 Å². The van der Waals surface area contributed by atoms with E-state index in [1.165, 1.54) is 6.21 Å². The Morgan fingerprint density at radius 3 is 2.64 bits per heavy atom. The molecule has 0 aliphatic carbocycles. The highest BCUT2D eigenvalue weighted by atomic mass is 79.9. The molecule has 2 aromatic rings. The summed E-state index contributed by atoms with van der Waals surface area (Å²) in [7, 11) is 3.12. The van der Waals surface area contributed by atoms with Crippen molar-refractivity contribution >= 4 is 39.7 Å². The van der Waals surface area contributed by atoms with Crippen LogP contribution in [0.2, 0.25) is 5.02 Å². The molecule has 6 nitrogen and oxygen atoms in total. The van der Waals surface area contributed by atoms with Crippen molar-refractivity contribution in [3.63, 3.8) is 0 Å². The summed E-state index contributed by atoms with van der Waals surface area (Å²) >= 11 is 9.16. The quantitative estimate of drug-likeness (QED) is 0.541. The van der Waals surface area contributed by atoms with Gasteiger partial charge in [-0.2, -0.15) is 5.10 Å². The van der Waals surface area contributed by atoms with E-state index in [-0.39, 0.29) is 6.61 Å².